The van der Waals surface area contributed by atoms with Gasteiger partial charge in [-0.3, -0.25) is 0 Å². The summed E-state index contributed by atoms with van der Waals surface area (Å²) >= 11 is 2.14. The molecule has 2 aromatic rings. The predicted molar refractivity (Wildman–Crippen MR) is 59.4 cm³/mol. The summed E-state index contributed by atoms with van der Waals surface area (Å²) in [7, 11) is 0. The molecule has 0 unspecified atom stereocenters. The number of aromatic nitrogens is 1. The van der Waals surface area contributed by atoms with Gasteiger partial charge < -0.3 is 4.42 Å². The zero-order chi connectivity index (χ0) is 9.26. The molecular formula is C10H8INO. The average molecular weight is 285 g/mol. The lowest BCUT2D eigenvalue weighted by Crippen LogP contribution is -1.76. The smallest absolute Gasteiger partial charge is 0.227 e. The van der Waals surface area contributed by atoms with E-state index in [1.807, 2.05) is 37.3 Å². The van der Waals surface area contributed by atoms with Crippen LogP contribution in [-0.4, -0.2) is 4.98 Å². The van der Waals surface area contributed by atoms with Gasteiger partial charge in [-0.15, -0.1) is 0 Å². The maximum absolute atomic E-state index is 5.48. The number of benzene rings is 1. The summed E-state index contributed by atoms with van der Waals surface area (Å²) in [5.74, 6) is 0.697. The molecule has 66 valence electrons. The Morgan fingerprint density at radius 3 is 2.46 bits per heavy atom. The SMILES string of the molecule is Cc1nc(-c2ccccc2)oc1I. The van der Waals surface area contributed by atoms with Crippen molar-refractivity contribution in [2.45, 2.75) is 6.92 Å². The highest BCUT2D eigenvalue weighted by atomic mass is 127. The first kappa shape index (κ1) is 8.74. The number of nitrogens with zero attached hydrogens (tertiary/aromatic N) is 1. The third kappa shape index (κ3) is 1.75. The second-order valence-corrected chi connectivity index (χ2v) is 3.72. The molecule has 13 heavy (non-hydrogen) atoms. The van der Waals surface area contributed by atoms with Crippen molar-refractivity contribution in [3.05, 3.63) is 39.8 Å². The van der Waals surface area contributed by atoms with E-state index in [1.165, 1.54) is 0 Å². The molecule has 0 radical (unpaired) electrons. The third-order valence-corrected chi connectivity index (χ3v) is 2.76. The summed E-state index contributed by atoms with van der Waals surface area (Å²) in [6.07, 6.45) is 0. The van der Waals surface area contributed by atoms with Crippen molar-refractivity contribution in [1.82, 2.24) is 4.98 Å². The van der Waals surface area contributed by atoms with E-state index in [1.54, 1.807) is 0 Å². The minimum Gasteiger partial charge on any atom is -0.430 e. The summed E-state index contributed by atoms with van der Waals surface area (Å²) in [5, 5.41) is 0. The Bertz CT molecular complexity index is 389. The van der Waals surface area contributed by atoms with E-state index >= 15 is 0 Å². The molecule has 0 N–H and O–H groups in total. The molecule has 2 rings (SSSR count). The lowest BCUT2D eigenvalue weighted by atomic mass is 10.2. The van der Waals surface area contributed by atoms with Gasteiger partial charge in [-0.2, -0.15) is 0 Å². The quantitative estimate of drug-likeness (QED) is 0.752. The summed E-state index contributed by atoms with van der Waals surface area (Å²) in [5.41, 5.74) is 1.97. The van der Waals surface area contributed by atoms with Gasteiger partial charge >= 0.3 is 0 Å². The van der Waals surface area contributed by atoms with Crippen LogP contribution in [0.25, 0.3) is 11.5 Å². The standard InChI is InChI=1S/C10H8INO/c1-7-9(11)13-10(12-7)8-5-3-2-4-6-8/h2-6H,1H3. The van der Waals surface area contributed by atoms with Crippen molar-refractivity contribution in [2.75, 3.05) is 0 Å². The normalized spacial score (nSPS) is 10.3. The van der Waals surface area contributed by atoms with Crippen LogP contribution in [0.5, 0.6) is 0 Å². The van der Waals surface area contributed by atoms with Gasteiger partial charge in [0.2, 0.25) is 5.89 Å². The first-order valence-corrected chi connectivity index (χ1v) is 5.03. The molecule has 1 aromatic heterocycles. The highest BCUT2D eigenvalue weighted by Crippen LogP contribution is 2.21. The van der Waals surface area contributed by atoms with Crippen molar-refractivity contribution in [3.8, 4) is 11.5 Å². The maximum atomic E-state index is 5.48. The number of halogens is 1. The molecule has 0 atom stereocenters. The van der Waals surface area contributed by atoms with Crippen molar-refractivity contribution in [2.24, 2.45) is 0 Å². The van der Waals surface area contributed by atoms with Crippen LogP contribution in [0.4, 0.5) is 0 Å². The molecule has 1 heterocycles. The van der Waals surface area contributed by atoms with Crippen LogP contribution in [0.1, 0.15) is 5.69 Å². The van der Waals surface area contributed by atoms with Gasteiger partial charge in [0.05, 0.1) is 5.69 Å². The molecule has 0 aliphatic rings. The average Bonchev–Trinajstić information content (AvgIpc) is 2.49. The molecule has 0 spiro atoms. The lowest BCUT2D eigenvalue weighted by molar-refractivity contribution is 0.545. The Hall–Kier alpha value is -0.840. The highest BCUT2D eigenvalue weighted by molar-refractivity contribution is 14.1. The van der Waals surface area contributed by atoms with E-state index < -0.39 is 0 Å². The molecule has 0 aliphatic heterocycles. The van der Waals surface area contributed by atoms with Crippen LogP contribution in [0.15, 0.2) is 34.7 Å². The Labute approximate surface area is 90.1 Å². The number of hydrogen-bond acceptors (Lipinski definition) is 2. The van der Waals surface area contributed by atoms with Gasteiger partial charge in [0, 0.05) is 28.2 Å². The van der Waals surface area contributed by atoms with Crippen LogP contribution < -0.4 is 0 Å². The highest BCUT2D eigenvalue weighted by Gasteiger charge is 2.07. The number of hydrogen-bond donors (Lipinski definition) is 0. The van der Waals surface area contributed by atoms with Gasteiger partial charge in [-0.1, -0.05) is 18.2 Å². The molecule has 0 amide bonds. The predicted octanol–water partition coefficient (Wildman–Crippen LogP) is 3.25. The van der Waals surface area contributed by atoms with Gasteiger partial charge in [-0.05, 0) is 19.1 Å². The van der Waals surface area contributed by atoms with Gasteiger partial charge in [0.1, 0.15) is 0 Å². The molecular weight excluding hydrogens is 277 g/mol. The topological polar surface area (TPSA) is 26.0 Å². The molecule has 2 nitrogen and oxygen atoms in total. The van der Waals surface area contributed by atoms with Gasteiger partial charge in [-0.25, -0.2) is 4.98 Å². The van der Waals surface area contributed by atoms with Gasteiger partial charge in [0.25, 0.3) is 0 Å². The Morgan fingerprint density at radius 1 is 1.23 bits per heavy atom. The maximum Gasteiger partial charge on any atom is 0.227 e. The Balaban J connectivity index is 2.48. The van der Waals surface area contributed by atoms with E-state index in [4.69, 9.17) is 4.42 Å². The summed E-state index contributed by atoms with van der Waals surface area (Å²) in [4.78, 5) is 4.31. The van der Waals surface area contributed by atoms with E-state index in [9.17, 15) is 0 Å². The van der Waals surface area contributed by atoms with Crippen LogP contribution in [-0.2, 0) is 0 Å². The molecule has 0 bridgehead atoms. The first-order valence-electron chi connectivity index (χ1n) is 3.96. The minimum absolute atomic E-state index is 0.697. The molecule has 3 heteroatoms. The second kappa shape index (κ2) is 3.49. The lowest BCUT2D eigenvalue weighted by Gasteiger charge is -1.91. The van der Waals surface area contributed by atoms with Crippen LogP contribution in [0.2, 0.25) is 0 Å². The molecule has 0 saturated carbocycles. The number of aryl methyl sites for hydroxylation is 1. The molecule has 0 fully saturated rings. The minimum atomic E-state index is 0.697. The van der Waals surface area contributed by atoms with E-state index in [2.05, 4.69) is 27.6 Å². The van der Waals surface area contributed by atoms with Crippen LogP contribution in [0.3, 0.4) is 0 Å². The fourth-order valence-electron chi connectivity index (χ4n) is 1.08. The second-order valence-electron chi connectivity index (χ2n) is 2.74. The van der Waals surface area contributed by atoms with Crippen LogP contribution >= 0.6 is 22.6 Å². The van der Waals surface area contributed by atoms with Gasteiger partial charge in [0.15, 0.2) is 3.77 Å². The van der Waals surface area contributed by atoms with E-state index in [0.29, 0.717) is 5.89 Å². The summed E-state index contributed by atoms with van der Waals surface area (Å²) in [6, 6.07) is 9.90. The Kier molecular flexibility index (Phi) is 2.35. The fourth-order valence-corrected chi connectivity index (χ4v) is 1.41. The van der Waals surface area contributed by atoms with E-state index in [0.717, 1.165) is 15.0 Å². The molecule has 0 aliphatic carbocycles. The van der Waals surface area contributed by atoms with Crippen molar-refractivity contribution >= 4 is 22.6 Å². The zero-order valence-electron chi connectivity index (χ0n) is 7.12. The van der Waals surface area contributed by atoms with Crippen LogP contribution in [0, 0.1) is 10.7 Å². The first-order chi connectivity index (χ1) is 6.27. The third-order valence-electron chi connectivity index (χ3n) is 1.76. The number of rotatable bonds is 1. The summed E-state index contributed by atoms with van der Waals surface area (Å²) in [6.45, 7) is 1.94. The molecule has 1 aromatic carbocycles. The summed E-state index contributed by atoms with van der Waals surface area (Å²) < 4.78 is 6.33. The Morgan fingerprint density at radius 2 is 1.92 bits per heavy atom. The largest absolute Gasteiger partial charge is 0.430 e. The van der Waals surface area contributed by atoms with Crippen molar-refractivity contribution in [3.63, 3.8) is 0 Å². The fraction of sp³-hybridized carbons (Fsp3) is 0.100. The van der Waals surface area contributed by atoms with Crippen molar-refractivity contribution < 1.29 is 4.42 Å². The monoisotopic (exact) mass is 285 g/mol. The zero-order valence-corrected chi connectivity index (χ0v) is 9.28. The molecule has 0 saturated heterocycles. The van der Waals surface area contributed by atoms with E-state index in [-0.39, 0.29) is 0 Å². The van der Waals surface area contributed by atoms with Crippen molar-refractivity contribution in [1.29, 1.82) is 0 Å². The number of oxazole rings is 1.